The molecule has 1 aliphatic rings. The van der Waals surface area contributed by atoms with Gasteiger partial charge in [-0.1, -0.05) is 0 Å². The van der Waals surface area contributed by atoms with E-state index in [1.807, 2.05) is 0 Å². The van der Waals surface area contributed by atoms with Crippen LogP contribution in [-0.4, -0.2) is 33.6 Å². The highest BCUT2D eigenvalue weighted by Crippen LogP contribution is 2.30. The minimum atomic E-state index is -3.97. The van der Waals surface area contributed by atoms with Crippen LogP contribution in [0.25, 0.3) is 0 Å². The van der Waals surface area contributed by atoms with Gasteiger partial charge in [0.05, 0.1) is 6.61 Å². The van der Waals surface area contributed by atoms with Crippen molar-refractivity contribution in [1.82, 2.24) is 0 Å². The third-order valence-electron chi connectivity index (χ3n) is 3.00. The number of halogens is 1. The van der Waals surface area contributed by atoms with E-state index in [0.29, 0.717) is 25.3 Å². The molecule has 1 aromatic carbocycles. The maximum atomic E-state index is 11.9. The van der Waals surface area contributed by atoms with Crippen molar-refractivity contribution in [3.05, 3.63) is 18.2 Å². The van der Waals surface area contributed by atoms with E-state index in [-0.39, 0.29) is 16.6 Å². The van der Waals surface area contributed by atoms with Gasteiger partial charge in [0.25, 0.3) is 15.0 Å². The number of anilines is 1. The van der Waals surface area contributed by atoms with Gasteiger partial charge in [-0.25, -0.2) is 8.42 Å². The third-order valence-corrected chi connectivity index (χ3v) is 4.34. The standard InChI is InChI=1S/C13H16ClNO5S/c1-2-19-10-6-5-9(8-12(10)21(14,17)18)15-13(16)11-4-3-7-20-11/h5-6,8,11H,2-4,7H2,1H3,(H,15,16). The molecule has 0 aliphatic carbocycles. The summed E-state index contributed by atoms with van der Waals surface area (Å²) in [5.74, 6) is -0.141. The van der Waals surface area contributed by atoms with Gasteiger partial charge in [0.15, 0.2) is 0 Å². The smallest absolute Gasteiger partial charge is 0.265 e. The van der Waals surface area contributed by atoms with Crippen molar-refractivity contribution in [1.29, 1.82) is 0 Å². The first kappa shape index (κ1) is 16.1. The highest BCUT2D eigenvalue weighted by atomic mass is 35.7. The van der Waals surface area contributed by atoms with Crippen molar-refractivity contribution in [2.45, 2.75) is 30.8 Å². The highest BCUT2D eigenvalue weighted by Gasteiger charge is 2.24. The van der Waals surface area contributed by atoms with Crippen molar-refractivity contribution in [3.63, 3.8) is 0 Å². The normalized spacial score (nSPS) is 18.5. The van der Waals surface area contributed by atoms with Crippen LogP contribution in [0.3, 0.4) is 0 Å². The Bertz CT molecular complexity index is 625. The molecule has 0 spiro atoms. The summed E-state index contributed by atoms with van der Waals surface area (Å²) in [5, 5.41) is 2.62. The molecule has 1 aromatic rings. The third kappa shape index (κ3) is 4.09. The summed E-state index contributed by atoms with van der Waals surface area (Å²) in [5.41, 5.74) is 0.332. The van der Waals surface area contributed by atoms with Crippen LogP contribution < -0.4 is 10.1 Å². The molecule has 116 valence electrons. The quantitative estimate of drug-likeness (QED) is 0.835. The van der Waals surface area contributed by atoms with Crippen LogP contribution in [0, 0.1) is 0 Å². The molecule has 1 aliphatic heterocycles. The molecule has 21 heavy (non-hydrogen) atoms. The Labute approximate surface area is 127 Å². The average Bonchev–Trinajstić information content (AvgIpc) is 2.93. The van der Waals surface area contributed by atoms with Crippen molar-refractivity contribution in [2.24, 2.45) is 0 Å². The molecule has 2 rings (SSSR count). The van der Waals surface area contributed by atoms with E-state index in [1.54, 1.807) is 13.0 Å². The van der Waals surface area contributed by atoms with E-state index in [1.165, 1.54) is 12.1 Å². The molecule has 0 saturated carbocycles. The van der Waals surface area contributed by atoms with Crippen LogP contribution in [0.15, 0.2) is 23.1 Å². The van der Waals surface area contributed by atoms with Gasteiger partial charge in [0.2, 0.25) is 0 Å². The highest BCUT2D eigenvalue weighted by molar-refractivity contribution is 8.13. The fourth-order valence-electron chi connectivity index (χ4n) is 2.06. The SMILES string of the molecule is CCOc1ccc(NC(=O)C2CCCO2)cc1S(=O)(=O)Cl. The largest absolute Gasteiger partial charge is 0.492 e. The predicted molar refractivity (Wildman–Crippen MR) is 78.3 cm³/mol. The number of hydrogen-bond donors (Lipinski definition) is 1. The molecular formula is C13H16ClNO5S. The summed E-state index contributed by atoms with van der Waals surface area (Å²) in [4.78, 5) is 11.8. The van der Waals surface area contributed by atoms with Crippen LogP contribution in [-0.2, 0) is 18.6 Å². The summed E-state index contributed by atoms with van der Waals surface area (Å²) in [7, 11) is 1.42. The Morgan fingerprint density at radius 3 is 2.86 bits per heavy atom. The fourth-order valence-corrected chi connectivity index (χ4v) is 3.06. The lowest BCUT2D eigenvalue weighted by Crippen LogP contribution is -2.26. The first-order chi connectivity index (χ1) is 9.91. The maximum Gasteiger partial charge on any atom is 0.265 e. The summed E-state index contributed by atoms with van der Waals surface area (Å²) >= 11 is 0. The molecule has 6 nitrogen and oxygen atoms in total. The Hall–Kier alpha value is -1.31. The van der Waals surface area contributed by atoms with Gasteiger partial charge in [0.1, 0.15) is 16.7 Å². The molecule has 1 heterocycles. The number of carbonyl (C=O) groups excluding carboxylic acids is 1. The van der Waals surface area contributed by atoms with Crippen molar-refractivity contribution < 1.29 is 22.7 Å². The summed E-state index contributed by atoms with van der Waals surface area (Å²) in [6.45, 7) is 2.60. The van der Waals surface area contributed by atoms with Gasteiger partial charge < -0.3 is 14.8 Å². The number of ether oxygens (including phenoxy) is 2. The Morgan fingerprint density at radius 2 is 2.29 bits per heavy atom. The van der Waals surface area contributed by atoms with Crippen LogP contribution in [0.4, 0.5) is 5.69 Å². The Kier molecular flexibility index (Phi) is 5.08. The predicted octanol–water partition coefficient (Wildman–Crippen LogP) is 2.13. The van der Waals surface area contributed by atoms with Gasteiger partial charge in [0, 0.05) is 23.0 Å². The second-order valence-corrected chi connectivity index (χ2v) is 7.06. The van der Waals surface area contributed by atoms with Crippen LogP contribution in [0.2, 0.25) is 0 Å². The second kappa shape index (κ2) is 6.64. The molecule has 1 N–H and O–H groups in total. The van der Waals surface area contributed by atoms with E-state index < -0.39 is 15.2 Å². The monoisotopic (exact) mass is 333 g/mol. The zero-order valence-corrected chi connectivity index (χ0v) is 13.0. The molecular weight excluding hydrogens is 318 g/mol. The molecule has 1 saturated heterocycles. The topological polar surface area (TPSA) is 81.7 Å². The molecule has 1 amide bonds. The zero-order valence-electron chi connectivity index (χ0n) is 11.5. The van der Waals surface area contributed by atoms with Crippen molar-refractivity contribution in [2.75, 3.05) is 18.5 Å². The van der Waals surface area contributed by atoms with Crippen LogP contribution in [0.1, 0.15) is 19.8 Å². The molecule has 1 unspecified atom stereocenters. The molecule has 0 aromatic heterocycles. The lowest BCUT2D eigenvalue weighted by molar-refractivity contribution is -0.124. The van der Waals surface area contributed by atoms with E-state index >= 15 is 0 Å². The Morgan fingerprint density at radius 1 is 1.52 bits per heavy atom. The first-order valence-corrected chi connectivity index (χ1v) is 8.86. The van der Waals surface area contributed by atoms with Gasteiger partial charge in [-0.05, 0) is 38.0 Å². The zero-order chi connectivity index (χ0) is 15.5. The van der Waals surface area contributed by atoms with Gasteiger partial charge in [-0.3, -0.25) is 4.79 Å². The minimum absolute atomic E-state index is 0.155. The molecule has 1 fully saturated rings. The van der Waals surface area contributed by atoms with E-state index in [4.69, 9.17) is 20.2 Å². The first-order valence-electron chi connectivity index (χ1n) is 6.56. The lowest BCUT2D eigenvalue weighted by atomic mass is 10.2. The summed E-state index contributed by atoms with van der Waals surface area (Å²) in [6, 6.07) is 4.30. The fraction of sp³-hybridized carbons (Fsp3) is 0.462. The molecule has 8 heteroatoms. The number of hydrogen-bond acceptors (Lipinski definition) is 5. The van der Waals surface area contributed by atoms with E-state index in [2.05, 4.69) is 5.32 Å². The van der Waals surface area contributed by atoms with Gasteiger partial charge in [-0.2, -0.15) is 0 Å². The molecule has 0 bridgehead atoms. The minimum Gasteiger partial charge on any atom is -0.492 e. The average molecular weight is 334 g/mol. The van der Waals surface area contributed by atoms with E-state index in [9.17, 15) is 13.2 Å². The van der Waals surface area contributed by atoms with E-state index in [0.717, 1.165) is 6.42 Å². The number of benzene rings is 1. The maximum absolute atomic E-state index is 11.9. The lowest BCUT2D eigenvalue weighted by Gasteiger charge is -2.13. The Balaban J connectivity index is 2.23. The van der Waals surface area contributed by atoms with Gasteiger partial charge >= 0.3 is 0 Å². The van der Waals surface area contributed by atoms with Gasteiger partial charge in [-0.15, -0.1) is 0 Å². The molecule has 1 atom stereocenters. The molecule has 0 radical (unpaired) electrons. The number of nitrogens with one attached hydrogen (secondary N) is 1. The summed E-state index contributed by atoms with van der Waals surface area (Å²) < 4.78 is 33.6. The van der Waals surface area contributed by atoms with Crippen LogP contribution in [0.5, 0.6) is 5.75 Å². The summed E-state index contributed by atoms with van der Waals surface area (Å²) in [6.07, 6.45) is 0.999. The van der Waals surface area contributed by atoms with Crippen molar-refractivity contribution >= 4 is 31.3 Å². The number of carbonyl (C=O) groups is 1. The van der Waals surface area contributed by atoms with Crippen LogP contribution >= 0.6 is 10.7 Å². The van der Waals surface area contributed by atoms with Crippen molar-refractivity contribution in [3.8, 4) is 5.75 Å². The second-order valence-electron chi connectivity index (χ2n) is 4.52. The number of rotatable bonds is 5. The number of amides is 1.